The van der Waals surface area contributed by atoms with Gasteiger partial charge in [-0.3, -0.25) is 9.59 Å². The molecule has 23 heavy (non-hydrogen) atoms. The van der Waals surface area contributed by atoms with Crippen LogP contribution in [0.25, 0.3) is 12.2 Å². The van der Waals surface area contributed by atoms with Crippen LogP contribution in [0.5, 0.6) is 5.75 Å². The minimum absolute atomic E-state index is 0.655. The molecule has 1 aromatic carbocycles. The van der Waals surface area contributed by atoms with E-state index in [9.17, 15) is 9.59 Å². The number of carbonyl (C=O) groups is 2. The van der Waals surface area contributed by atoms with Crippen molar-refractivity contribution in [3.8, 4) is 5.75 Å². The van der Waals surface area contributed by atoms with E-state index in [1.165, 1.54) is 0 Å². The number of carbonyl (C=O) groups excluding carboxylic acids is 2. The lowest BCUT2D eigenvalue weighted by Gasteiger charge is -2.10. The van der Waals surface area contributed by atoms with Gasteiger partial charge in [-0.2, -0.15) is 0 Å². The van der Waals surface area contributed by atoms with E-state index in [1.54, 1.807) is 33.1 Å². The van der Waals surface area contributed by atoms with Gasteiger partial charge in [-0.05, 0) is 49.6 Å². The first-order valence-corrected chi connectivity index (χ1v) is 7.30. The van der Waals surface area contributed by atoms with Gasteiger partial charge < -0.3 is 4.74 Å². The van der Waals surface area contributed by atoms with Gasteiger partial charge in [0.1, 0.15) is 18.3 Å². The van der Waals surface area contributed by atoms with Crippen molar-refractivity contribution in [1.29, 1.82) is 0 Å². The Balaban J connectivity index is 3.23. The summed E-state index contributed by atoms with van der Waals surface area (Å²) in [4.78, 5) is 21.2. The quantitative estimate of drug-likeness (QED) is 0.428. The van der Waals surface area contributed by atoms with E-state index in [1.807, 2.05) is 43.4 Å². The van der Waals surface area contributed by atoms with Gasteiger partial charge in [0.05, 0.1) is 7.11 Å². The fourth-order valence-corrected chi connectivity index (χ4v) is 2.00. The topological polar surface area (TPSA) is 43.4 Å². The van der Waals surface area contributed by atoms with Crippen LogP contribution in [0, 0.1) is 6.92 Å². The number of benzene rings is 1. The van der Waals surface area contributed by atoms with Crippen molar-refractivity contribution >= 4 is 24.7 Å². The lowest BCUT2D eigenvalue weighted by molar-refractivity contribution is -0.105. The number of hydrogen-bond acceptors (Lipinski definition) is 3. The first-order chi connectivity index (χ1) is 11.0. The summed E-state index contributed by atoms with van der Waals surface area (Å²) >= 11 is 0. The maximum atomic E-state index is 10.6. The average Bonchev–Trinajstić information content (AvgIpc) is 2.54. The Kier molecular flexibility index (Phi) is 7.48. The van der Waals surface area contributed by atoms with E-state index in [-0.39, 0.29) is 0 Å². The lowest BCUT2D eigenvalue weighted by Crippen LogP contribution is -1.92. The first-order valence-electron chi connectivity index (χ1n) is 7.30. The predicted molar refractivity (Wildman–Crippen MR) is 95.4 cm³/mol. The Morgan fingerprint density at radius 1 is 0.913 bits per heavy atom. The molecule has 0 aliphatic rings. The number of rotatable bonds is 7. The molecule has 0 radical (unpaired) electrons. The Morgan fingerprint density at radius 2 is 1.35 bits per heavy atom. The molecule has 0 N–H and O–H groups in total. The molecule has 0 spiro atoms. The molecule has 0 fully saturated rings. The Labute approximate surface area is 137 Å². The minimum Gasteiger partial charge on any atom is -0.496 e. The maximum Gasteiger partial charge on any atom is 0.145 e. The molecule has 0 atom stereocenters. The van der Waals surface area contributed by atoms with Crippen LogP contribution in [0.3, 0.4) is 0 Å². The van der Waals surface area contributed by atoms with Crippen LogP contribution in [0.1, 0.15) is 30.5 Å². The molecular weight excluding hydrogens is 288 g/mol. The van der Waals surface area contributed by atoms with Crippen LogP contribution < -0.4 is 4.74 Å². The van der Waals surface area contributed by atoms with Crippen LogP contribution in [-0.4, -0.2) is 19.7 Å². The van der Waals surface area contributed by atoms with Crippen LogP contribution in [0.2, 0.25) is 0 Å². The van der Waals surface area contributed by atoms with E-state index >= 15 is 0 Å². The molecule has 3 heteroatoms. The fourth-order valence-electron chi connectivity index (χ4n) is 2.00. The van der Waals surface area contributed by atoms with Crippen LogP contribution >= 0.6 is 0 Å². The number of methoxy groups -OCH3 is 1. The van der Waals surface area contributed by atoms with E-state index in [4.69, 9.17) is 4.74 Å². The summed E-state index contributed by atoms with van der Waals surface area (Å²) < 4.78 is 5.52. The van der Waals surface area contributed by atoms with Gasteiger partial charge in [0.15, 0.2) is 0 Å². The van der Waals surface area contributed by atoms with Crippen molar-refractivity contribution in [3.63, 3.8) is 0 Å². The highest BCUT2D eigenvalue weighted by molar-refractivity contribution is 5.75. The molecule has 0 amide bonds. The number of hydrogen-bond donors (Lipinski definition) is 0. The van der Waals surface area contributed by atoms with E-state index in [2.05, 4.69) is 0 Å². The zero-order valence-corrected chi connectivity index (χ0v) is 14.0. The van der Waals surface area contributed by atoms with Gasteiger partial charge in [0.25, 0.3) is 0 Å². The standard InChI is InChI=1S/C20H22O3/c1-15(13-21)7-5-9-18-11-17(3)12-19(20(18)23-4)10-6-8-16(2)14-22/h5-14H,1-4H3/b9-5+,10-6+,15-7+,16-8+. The summed E-state index contributed by atoms with van der Waals surface area (Å²) in [5.41, 5.74) is 4.26. The smallest absolute Gasteiger partial charge is 0.145 e. The molecule has 3 nitrogen and oxygen atoms in total. The van der Waals surface area contributed by atoms with E-state index in [0.29, 0.717) is 11.1 Å². The zero-order valence-electron chi connectivity index (χ0n) is 14.0. The van der Waals surface area contributed by atoms with Crippen molar-refractivity contribution in [3.05, 3.63) is 64.3 Å². The zero-order chi connectivity index (χ0) is 17.2. The Morgan fingerprint density at radius 3 is 1.70 bits per heavy atom. The average molecular weight is 310 g/mol. The molecular formula is C20H22O3. The predicted octanol–water partition coefficient (Wildman–Crippen LogP) is 4.32. The minimum atomic E-state index is 0.655. The highest BCUT2D eigenvalue weighted by atomic mass is 16.5. The summed E-state index contributed by atoms with van der Waals surface area (Å²) in [5, 5.41) is 0. The Bertz CT molecular complexity index is 634. The third-order valence-electron chi connectivity index (χ3n) is 3.14. The second-order valence-corrected chi connectivity index (χ2v) is 5.25. The van der Waals surface area contributed by atoms with Crippen molar-refractivity contribution in [1.82, 2.24) is 0 Å². The van der Waals surface area contributed by atoms with E-state index in [0.717, 1.165) is 35.0 Å². The first kappa shape index (κ1) is 18.4. The molecule has 0 aromatic heterocycles. The number of aryl methyl sites for hydroxylation is 1. The van der Waals surface area contributed by atoms with Crippen molar-refractivity contribution in [2.24, 2.45) is 0 Å². The van der Waals surface area contributed by atoms with Crippen molar-refractivity contribution in [2.45, 2.75) is 20.8 Å². The van der Waals surface area contributed by atoms with Gasteiger partial charge in [-0.1, -0.05) is 36.5 Å². The van der Waals surface area contributed by atoms with Gasteiger partial charge in [-0.15, -0.1) is 0 Å². The molecule has 0 heterocycles. The van der Waals surface area contributed by atoms with E-state index < -0.39 is 0 Å². The fraction of sp³-hybridized carbons (Fsp3) is 0.200. The molecule has 1 aromatic rings. The molecule has 0 aliphatic heterocycles. The summed E-state index contributed by atoms with van der Waals surface area (Å²) in [5.74, 6) is 0.748. The van der Waals surface area contributed by atoms with Gasteiger partial charge in [0.2, 0.25) is 0 Å². The monoisotopic (exact) mass is 310 g/mol. The molecule has 0 bridgehead atoms. The second-order valence-electron chi connectivity index (χ2n) is 5.25. The molecule has 0 aliphatic carbocycles. The van der Waals surface area contributed by atoms with Gasteiger partial charge in [0, 0.05) is 11.1 Å². The molecule has 120 valence electrons. The third kappa shape index (κ3) is 5.91. The molecule has 0 unspecified atom stereocenters. The Hall–Kier alpha value is -2.68. The number of ether oxygens (including phenoxy) is 1. The van der Waals surface area contributed by atoms with Crippen molar-refractivity contribution in [2.75, 3.05) is 7.11 Å². The van der Waals surface area contributed by atoms with Crippen LogP contribution in [0.15, 0.2) is 47.6 Å². The molecule has 0 saturated carbocycles. The van der Waals surface area contributed by atoms with Gasteiger partial charge >= 0.3 is 0 Å². The summed E-state index contributed by atoms with van der Waals surface area (Å²) in [6.07, 6.45) is 12.6. The van der Waals surface area contributed by atoms with Crippen LogP contribution in [0.4, 0.5) is 0 Å². The largest absolute Gasteiger partial charge is 0.496 e. The maximum absolute atomic E-state index is 10.6. The van der Waals surface area contributed by atoms with Gasteiger partial charge in [-0.25, -0.2) is 0 Å². The highest BCUT2D eigenvalue weighted by Crippen LogP contribution is 2.28. The highest BCUT2D eigenvalue weighted by Gasteiger charge is 2.06. The lowest BCUT2D eigenvalue weighted by atomic mass is 10.0. The summed E-state index contributed by atoms with van der Waals surface area (Å²) in [7, 11) is 1.62. The number of allylic oxidation sites excluding steroid dienone is 6. The second kappa shape index (κ2) is 9.36. The SMILES string of the molecule is COc1c(/C=C/C=C(\C)C=O)cc(C)cc1/C=C/C=C(\C)C=O. The number of aldehydes is 2. The third-order valence-corrected chi connectivity index (χ3v) is 3.14. The van der Waals surface area contributed by atoms with Crippen molar-refractivity contribution < 1.29 is 14.3 Å². The molecule has 1 rings (SSSR count). The van der Waals surface area contributed by atoms with Crippen LogP contribution in [-0.2, 0) is 9.59 Å². The summed E-state index contributed by atoms with van der Waals surface area (Å²) in [6.45, 7) is 5.51. The summed E-state index contributed by atoms with van der Waals surface area (Å²) in [6, 6.07) is 4.03. The normalized spacial score (nSPS) is 12.9. The molecule has 0 saturated heterocycles.